The molecule has 1 aliphatic heterocycles. The van der Waals surface area contributed by atoms with Crippen LogP contribution in [-0.2, 0) is 6.42 Å². The van der Waals surface area contributed by atoms with Crippen LogP contribution in [0.25, 0.3) is 0 Å². The van der Waals surface area contributed by atoms with Crippen molar-refractivity contribution in [1.82, 2.24) is 14.9 Å². The van der Waals surface area contributed by atoms with Crippen LogP contribution >= 0.6 is 11.3 Å². The van der Waals surface area contributed by atoms with Gasteiger partial charge in [0.2, 0.25) is 0 Å². The van der Waals surface area contributed by atoms with Gasteiger partial charge in [0.25, 0.3) is 5.91 Å². The molecular weight excluding hydrogens is 356 g/mol. The predicted octanol–water partition coefficient (Wildman–Crippen LogP) is 3.40. The molecule has 27 heavy (non-hydrogen) atoms. The molecule has 2 aromatic heterocycles. The smallest absolute Gasteiger partial charge is 0.273 e. The van der Waals surface area contributed by atoms with E-state index in [1.807, 2.05) is 40.7 Å². The molecule has 138 valence electrons. The second-order valence-electron chi connectivity index (χ2n) is 6.71. The van der Waals surface area contributed by atoms with Crippen molar-refractivity contribution in [1.29, 1.82) is 0 Å². The summed E-state index contributed by atoms with van der Waals surface area (Å²) < 4.78 is 0. The molecule has 0 spiro atoms. The summed E-state index contributed by atoms with van der Waals surface area (Å²) in [6, 6.07) is 14.3. The zero-order chi connectivity index (χ0) is 18.6. The van der Waals surface area contributed by atoms with Crippen LogP contribution in [0, 0.1) is 6.92 Å². The monoisotopic (exact) mass is 378 g/mol. The Morgan fingerprint density at radius 3 is 2.59 bits per heavy atom. The van der Waals surface area contributed by atoms with Crippen molar-refractivity contribution in [2.75, 3.05) is 31.1 Å². The number of thiazole rings is 1. The molecule has 5 nitrogen and oxygen atoms in total. The van der Waals surface area contributed by atoms with E-state index >= 15 is 0 Å². The molecule has 1 aromatic carbocycles. The second kappa shape index (κ2) is 7.88. The lowest BCUT2D eigenvalue weighted by molar-refractivity contribution is 0.0741. The minimum absolute atomic E-state index is 0.0305. The average molecular weight is 379 g/mol. The normalized spacial score (nSPS) is 14.4. The van der Waals surface area contributed by atoms with Gasteiger partial charge < -0.3 is 9.80 Å². The van der Waals surface area contributed by atoms with Gasteiger partial charge in [-0.2, -0.15) is 0 Å². The van der Waals surface area contributed by atoms with Crippen molar-refractivity contribution in [2.45, 2.75) is 13.3 Å². The molecule has 0 saturated carbocycles. The number of benzene rings is 1. The van der Waals surface area contributed by atoms with E-state index in [1.165, 1.54) is 11.1 Å². The lowest BCUT2D eigenvalue weighted by Gasteiger charge is -2.35. The summed E-state index contributed by atoms with van der Waals surface area (Å²) in [5.41, 5.74) is 2.95. The predicted molar refractivity (Wildman–Crippen MR) is 108 cm³/mol. The molecule has 3 heterocycles. The maximum absolute atomic E-state index is 12.8. The van der Waals surface area contributed by atoms with Gasteiger partial charge >= 0.3 is 0 Å². The largest absolute Gasteiger partial charge is 0.353 e. The van der Waals surface area contributed by atoms with Crippen LogP contribution in [0.4, 0.5) is 5.82 Å². The van der Waals surface area contributed by atoms with Crippen molar-refractivity contribution >= 4 is 23.1 Å². The number of amides is 1. The van der Waals surface area contributed by atoms with Crippen LogP contribution in [0.5, 0.6) is 0 Å². The molecule has 3 aromatic rings. The number of hydrogen-bond acceptors (Lipinski definition) is 5. The Morgan fingerprint density at radius 2 is 1.85 bits per heavy atom. The highest BCUT2D eigenvalue weighted by molar-refractivity contribution is 7.09. The molecule has 1 saturated heterocycles. The van der Waals surface area contributed by atoms with Gasteiger partial charge in [-0.05, 0) is 24.1 Å². The molecule has 0 unspecified atom stereocenters. The first-order valence-electron chi connectivity index (χ1n) is 9.15. The highest BCUT2D eigenvalue weighted by Gasteiger charge is 2.25. The zero-order valence-corrected chi connectivity index (χ0v) is 16.2. The van der Waals surface area contributed by atoms with Crippen LogP contribution in [-0.4, -0.2) is 47.0 Å². The first kappa shape index (κ1) is 17.7. The van der Waals surface area contributed by atoms with Gasteiger partial charge in [-0.1, -0.05) is 36.4 Å². The summed E-state index contributed by atoms with van der Waals surface area (Å²) in [5, 5.41) is 2.86. The minimum atomic E-state index is 0.0305. The van der Waals surface area contributed by atoms with Gasteiger partial charge in [0.05, 0.1) is 5.01 Å². The number of pyridine rings is 1. The molecular formula is C21H22N4OS. The molecule has 1 aliphatic rings. The highest BCUT2D eigenvalue weighted by atomic mass is 32.1. The van der Waals surface area contributed by atoms with Gasteiger partial charge in [0, 0.05) is 44.2 Å². The van der Waals surface area contributed by atoms with E-state index in [-0.39, 0.29) is 5.91 Å². The molecule has 4 rings (SSSR count). The topological polar surface area (TPSA) is 49.3 Å². The van der Waals surface area contributed by atoms with Gasteiger partial charge in [-0.25, -0.2) is 9.97 Å². The van der Waals surface area contributed by atoms with E-state index in [9.17, 15) is 4.79 Å². The molecule has 0 bridgehead atoms. The maximum atomic E-state index is 12.8. The van der Waals surface area contributed by atoms with Crippen molar-refractivity contribution in [3.63, 3.8) is 0 Å². The lowest BCUT2D eigenvalue weighted by Crippen LogP contribution is -2.49. The summed E-state index contributed by atoms with van der Waals surface area (Å²) in [6.45, 7) is 5.05. The number of nitrogens with zero attached hydrogens (tertiary/aromatic N) is 4. The fraction of sp³-hybridized carbons (Fsp3) is 0.286. The SMILES string of the molecule is Cc1cccnc1N1CCN(C(=O)c2csc(Cc3ccccc3)n2)CC1. The average Bonchev–Trinajstić information content (AvgIpc) is 3.17. The molecule has 1 amide bonds. The molecule has 0 aliphatic carbocycles. The Labute approximate surface area is 163 Å². The van der Waals surface area contributed by atoms with Crippen LogP contribution in [0.2, 0.25) is 0 Å². The van der Waals surface area contributed by atoms with E-state index in [4.69, 9.17) is 0 Å². The van der Waals surface area contributed by atoms with Gasteiger partial charge in [0.15, 0.2) is 0 Å². The molecule has 0 N–H and O–H groups in total. The standard InChI is InChI=1S/C21H22N4OS/c1-16-6-5-9-22-20(16)24-10-12-25(13-11-24)21(26)18-15-27-19(23-18)14-17-7-3-2-4-8-17/h2-9,15H,10-14H2,1H3. The van der Waals surface area contributed by atoms with Crippen molar-refractivity contribution in [3.8, 4) is 0 Å². The number of aryl methyl sites for hydroxylation is 1. The van der Waals surface area contributed by atoms with Gasteiger partial charge in [-0.15, -0.1) is 11.3 Å². The van der Waals surface area contributed by atoms with Gasteiger partial charge in [-0.3, -0.25) is 4.79 Å². The maximum Gasteiger partial charge on any atom is 0.273 e. The zero-order valence-electron chi connectivity index (χ0n) is 15.3. The Hall–Kier alpha value is -2.73. The van der Waals surface area contributed by atoms with Crippen molar-refractivity contribution < 1.29 is 4.79 Å². The van der Waals surface area contributed by atoms with E-state index in [0.29, 0.717) is 18.8 Å². The summed E-state index contributed by atoms with van der Waals surface area (Å²) in [7, 11) is 0. The van der Waals surface area contributed by atoms with E-state index in [0.717, 1.165) is 30.3 Å². The second-order valence-corrected chi connectivity index (χ2v) is 7.65. The molecule has 1 fully saturated rings. The van der Waals surface area contributed by atoms with Gasteiger partial charge in [0.1, 0.15) is 11.5 Å². The first-order valence-corrected chi connectivity index (χ1v) is 10.0. The summed E-state index contributed by atoms with van der Waals surface area (Å²) in [4.78, 5) is 26.0. The third kappa shape index (κ3) is 4.01. The number of rotatable bonds is 4. The van der Waals surface area contributed by atoms with E-state index in [2.05, 4.69) is 40.0 Å². The summed E-state index contributed by atoms with van der Waals surface area (Å²) in [6.07, 6.45) is 2.59. The van der Waals surface area contributed by atoms with Crippen LogP contribution < -0.4 is 4.90 Å². The number of carbonyl (C=O) groups is 1. The van der Waals surface area contributed by atoms with Crippen LogP contribution in [0.1, 0.15) is 26.6 Å². The highest BCUT2D eigenvalue weighted by Crippen LogP contribution is 2.20. The number of hydrogen-bond donors (Lipinski definition) is 0. The number of aromatic nitrogens is 2. The molecule has 6 heteroatoms. The summed E-state index contributed by atoms with van der Waals surface area (Å²) in [5.74, 6) is 1.05. The Bertz CT molecular complexity index is 917. The Morgan fingerprint density at radius 1 is 1.07 bits per heavy atom. The van der Waals surface area contributed by atoms with Crippen LogP contribution in [0.15, 0.2) is 54.0 Å². The van der Waals surface area contributed by atoms with Crippen molar-refractivity contribution in [2.24, 2.45) is 0 Å². The quantitative estimate of drug-likeness (QED) is 0.698. The lowest BCUT2D eigenvalue weighted by atomic mass is 10.2. The minimum Gasteiger partial charge on any atom is -0.353 e. The third-order valence-electron chi connectivity index (χ3n) is 4.82. The summed E-state index contributed by atoms with van der Waals surface area (Å²) >= 11 is 1.56. The van der Waals surface area contributed by atoms with Crippen LogP contribution in [0.3, 0.4) is 0 Å². The number of carbonyl (C=O) groups excluding carboxylic acids is 1. The molecule has 0 radical (unpaired) electrons. The van der Waals surface area contributed by atoms with Crippen molar-refractivity contribution in [3.05, 3.63) is 75.9 Å². The fourth-order valence-corrected chi connectivity index (χ4v) is 4.15. The Kier molecular flexibility index (Phi) is 5.16. The Balaban J connectivity index is 1.38. The van der Waals surface area contributed by atoms with E-state index in [1.54, 1.807) is 11.3 Å². The first-order chi connectivity index (χ1) is 13.2. The number of anilines is 1. The molecule has 0 atom stereocenters. The number of piperazine rings is 1. The third-order valence-corrected chi connectivity index (χ3v) is 5.67. The van der Waals surface area contributed by atoms with E-state index < -0.39 is 0 Å². The fourth-order valence-electron chi connectivity index (χ4n) is 3.35.